The largest absolute Gasteiger partial charge is 0.380 e. The van der Waals surface area contributed by atoms with Crippen molar-refractivity contribution in [2.75, 3.05) is 26.7 Å². The fraction of sp³-hybridized carbons (Fsp3) is 1.00. The molecule has 1 aliphatic heterocycles. The third-order valence-corrected chi connectivity index (χ3v) is 4.11. The minimum absolute atomic E-state index is 0.489. The van der Waals surface area contributed by atoms with E-state index >= 15 is 0 Å². The topological polar surface area (TPSA) is 24.5 Å². The van der Waals surface area contributed by atoms with Crippen molar-refractivity contribution in [1.82, 2.24) is 10.2 Å². The standard InChI is InChI=1S/C13H26N2O/c1-3-7-14-11-4-5-12(9-11)15-8-6-13(10-15)16-2/h11-14H,3-10H2,1-2H3. The van der Waals surface area contributed by atoms with Gasteiger partial charge in [-0.3, -0.25) is 4.90 Å². The lowest BCUT2D eigenvalue weighted by Crippen LogP contribution is -2.35. The van der Waals surface area contributed by atoms with Crippen LogP contribution in [0.2, 0.25) is 0 Å². The molecule has 0 aromatic rings. The Morgan fingerprint density at radius 3 is 2.88 bits per heavy atom. The second-order valence-corrected chi connectivity index (χ2v) is 5.26. The van der Waals surface area contributed by atoms with Gasteiger partial charge in [-0.1, -0.05) is 6.92 Å². The van der Waals surface area contributed by atoms with Gasteiger partial charge in [-0.15, -0.1) is 0 Å². The van der Waals surface area contributed by atoms with Gasteiger partial charge in [-0.25, -0.2) is 0 Å². The van der Waals surface area contributed by atoms with Crippen LogP contribution in [-0.4, -0.2) is 49.8 Å². The molecule has 0 radical (unpaired) electrons. The quantitative estimate of drug-likeness (QED) is 0.771. The first-order chi connectivity index (χ1) is 7.83. The highest BCUT2D eigenvalue weighted by Crippen LogP contribution is 2.27. The Kier molecular flexibility index (Phi) is 4.62. The fourth-order valence-corrected chi connectivity index (χ4v) is 3.10. The van der Waals surface area contributed by atoms with Crippen LogP contribution in [0.25, 0.3) is 0 Å². The van der Waals surface area contributed by atoms with Crippen LogP contribution in [0, 0.1) is 0 Å². The molecule has 1 heterocycles. The molecule has 2 rings (SSSR count). The highest BCUT2D eigenvalue weighted by atomic mass is 16.5. The summed E-state index contributed by atoms with van der Waals surface area (Å²) in [7, 11) is 1.84. The van der Waals surface area contributed by atoms with Gasteiger partial charge in [-0.05, 0) is 38.6 Å². The number of nitrogens with one attached hydrogen (secondary N) is 1. The summed E-state index contributed by atoms with van der Waals surface area (Å²) in [6.07, 6.45) is 7.03. The van der Waals surface area contributed by atoms with E-state index in [-0.39, 0.29) is 0 Å². The maximum atomic E-state index is 5.44. The van der Waals surface area contributed by atoms with E-state index in [0.29, 0.717) is 6.10 Å². The molecule has 3 unspecified atom stereocenters. The number of ether oxygens (including phenoxy) is 1. The van der Waals surface area contributed by atoms with Gasteiger partial charge < -0.3 is 10.1 Å². The number of nitrogens with zero attached hydrogens (tertiary/aromatic N) is 1. The van der Waals surface area contributed by atoms with Crippen LogP contribution in [-0.2, 0) is 4.74 Å². The van der Waals surface area contributed by atoms with Gasteiger partial charge in [0.1, 0.15) is 0 Å². The molecular weight excluding hydrogens is 200 g/mol. The summed E-state index contributed by atoms with van der Waals surface area (Å²) in [4.78, 5) is 2.64. The van der Waals surface area contributed by atoms with Crippen molar-refractivity contribution >= 4 is 0 Å². The van der Waals surface area contributed by atoms with Crippen LogP contribution < -0.4 is 5.32 Å². The second kappa shape index (κ2) is 5.99. The third-order valence-electron chi connectivity index (χ3n) is 4.11. The summed E-state index contributed by atoms with van der Waals surface area (Å²) in [6.45, 7) is 5.81. The molecule has 2 aliphatic rings. The summed E-state index contributed by atoms with van der Waals surface area (Å²) in [5.74, 6) is 0. The molecule has 3 atom stereocenters. The Hall–Kier alpha value is -0.120. The zero-order chi connectivity index (χ0) is 11.4. The monoisotopic (exact) mass is 226 g/mol. The van der Waals surface area contributed by atoms with Crippen molar-refractivity contribution in [3.8, 4) is 0 Å². The van der Waals surface area contributed by atoms with E-state index in [1.54, 1.807) is 0 Å². The summed E-state index contributed by atoms with van der Waals surface area (Å²) in [5, 5.41) is 3.65. The first-order valence-electron chi connectivity index (χ1n) is 6.83. The van der Waals surface area contributed by atoms with Crippen LogP contribution in [0.15, 0.2) is 0 Å². The highest BCUT2D eigenvalue weighted by Gasteiger charge is 2.33. The summed E-state index contributed by atoms with van der Waals surface area (Å²) < 4.78 is 5.44. The van der Waals surface area contributed by atoms with Gasteiger partial charge in [0.05, 0.1) is 6.10 Å². The predicted octanol–water partition coefficient (Wildman–Crippen LogP) is 1.63. The Balaban J connectivity index is 1.72. The average Bonchev–Trinajstić information content (AvgIpc) is 2.94. The lowest BCUT2D eigenvalue weighted by molar-refractivity contribution is 0.101. The van der Waals surface area contributed by atoms with Crippen molar-refractivity contribution < 1.29 is 4.74 Å². The van der Waals surface area contributed by atoms with E-state index in [4.69, 9.17) is 4.74 Å². The summed E-state index contributed by atoms with van der Waals surface area (Å²) in [5.41, 5.74) is 0. The molecule has 1 N–H and O–H groups in total. The maximum Gasteiger partial charge on any atom is 0.0710 e. The third kappa shape index (κ3) is 2.96. The van der Waals surface area contributed by atoms with Crippen molar-refractivity contribution in [3.05, 3.63) is 0 Å². The number of likely N-dealkylation sites (tertiary alicyclic amines) is 1. The van der Waals surface area contributed by atoms with Gasteiger partial charge in [0.15, 0.2) is 0 Å². The minimum atomic E-state index is 0.489. The molecule has 0 aromatic heterocycles. The van der Waals surface area contributed by atoms with Crippen LogP contribution in [0.1, 0.15) is 39.0 Å². The number of rotatable bonds is 5. The lowest BCUT2D eigenvalue weighted by Gasteiger charge is -2.23. The zero-order valence-electron chi connectivity index (χ0n) is 10.7. The number of methoxy groups -OCH3 is 1. The Morgan fingerprint density at radius 1 is 1.31 bits per heavy atom. The molecule has 1 saturated carbocycles. The Bertz CT molecular complexity index is 210. The fourth-order valence-electron chi connectivity index (χ4n) is 3.10. The van der Waals surface area contributed by atoms with Crippen LogP contribution in [0.5, 0.6) is 0 Å². The molecule has 0 amide bonds. The zero-order valence-corrected chi connectivity index (χ0v) is 10.7. The van der Waals surface area contributed by atoms with E-state index in [1.807, 2.05) is 7.11 Å². The molecule has 0 spiro atoms. The average molecular weight is 226 g/mol. The van der Waals surface area contributed by atoms with Crippen LogP contribution in [0.4, 0.5) is 0 Å². The van der Waals surface area contributed by atoms with E-state index in [9.17, 15) is 0 Å². The van der Waals surface area contributed by atoms with Gasteiger partial charge in [0, 0.05) is 32.3 Å². The molecule has 0 aromatic carbocycles. The van der Waals surface area contributed by atoms with E-state index in [0.717, 1.165) is 18.6 Å². The molecule has 1 saturated heterocycles. The molecule has 3 nitrogen and oxygen atoms in total. The van der Waals surface area contributed by atoms with Crippen LogP contribution >= 0.6 is 0 Å². The van der Waals surface area contributed by atoms with Gasteiger partial charge in [0.25, 0.3) is 0 Å². The van der Waals surface area contributed by atoms with Gasteiger partial charge >= 0.3 is 0 Å². The van der Waals surface area contributed by atoms with E-state index < -0.39 is 0 Å². The number of hydrogen-bond donors (Lipinski definition) is 1. The van der Waals surface area contributed by atoms with Crippen LogP contribution in [0.3, 0.4) is 0 Å². The van der Waals surface area contributed by atoms with Gasteiger partial charge in [0.2, 0.25) is 0 Å². The SMILES string of the molecule is CCCNC1CCC(N2CCC(OC)C2)C1. The first kappa shape index (κ1) is 12.3. The van der Waals surface area contributed by atoms with Crippen molar-refractivity contribution in [3.63, 3.8) is 0 Å². The normalized spacial score (nSPS) is 36.0. The van der Waals surface area contributed by atoms with E-state index in [2.05, 4.69) is 17.1 Å². The van der Waals surface area contributed by atoms with Crippen molar-refractivity contribution in [2.24, 2.45) is 0 Å². The van der Waals surface area contributed by atoms with Crippen molar-refractivity contribution in [1.29, 1.82) is 0 Å². The smallest absolute Gasteiger partial charge is 0.0710 e. The maximum absolute atomic E-state index is 5.44. The van der Waals surface area contributed by atoms with Gasteiger partial charge in [-0.2, -0.15) is 0 Å². The molecule has 94 valence electrons. The predicted molar refractivity (Wildman–Crippen MR) is 66.7 cm³/mol. The molecule has 2 fully saturated rings. The first-order valence-corrected chi connectivity index (χ1v) is 6.83. The Labute approximate surface area is 99.5 Å². The van der Waals surface area contributed by atoms with Crippen molar-refractivity contribution in [2.45, 2.75) is 57.2 Å². The molecule has 0 bridgehead atoms. The highest BCUT2D eigenvalue weighted by molar-refractivity contribution is 4.90. The van der Waals surface area contributed by atoms with E-state index in [1.165, 1.54) is 45.2 Å². The molecular formula is C13H26N2O. The lowest BCUT2D eigenvalue weighted by atomic mass is 10.2. The minimum Gasteiger partial charge on any atom is -0.380 e. The molecule has 3 heteroatoms. The molecule has 16 heavy (non-hydrogen) atoms. The summed E-state index contributed by atoms with van der Waals surface area (Å²) in [6, 6.07) is 1.58. The second-order valence-electron chi connectivity index (χ2n) is 5.26. The number of hydrogen-bond acceptors (Lipinski definition) is 3. The molecule has 1 aliphatic carbocycles. The Morgan fingerprint density at radius 2 is 2.19 bits per heavy atom. The summed E-state index contributed by atoms with van der Waals surface area (Å²) >= 11 is 0.